The number of carbonyl (C=O) groups is 1. The van der Waals surface area contributed by atoms with Crippen LogP contribution in [0.1, 0.15) is 17.3 Å². The van der Waals surface area contributed by atoms with Crippen LogP contribution < -0.4 is 20.9 Å². The van der Waals surface area contributed by atoms with Crippen LogP contribution in [0.3, 0.4) is 0 Å². The van der Waals surface area contributed by atoms with E-state index in [-0.39, 0.29) is 10.0 Å². The topological polar surface area (TPSA) is 99.3 Å². The van der Waals surface area contributed by atoms with Gasteiger partial charge in [0.2, 0.25) is 10.0 Å². The van der Waals surface area contributed by atoms with Crippen LogP contribution in [0.4, 0.5) is 5.69 Å². The lowest BCUT2D eigenvalue weighted by Gasteiger charge is -2.12. The molecule has 132 valence electrons. The van der Waals surface area contributed by atoms with Gasteiger partial charge in [-0.2, -0.15) is 0 Å². The third-order valence-electron chi connectivity index (χ3n) is 3.08. The number of rotatable bonds is 5. The molecule has 0 heterocycles. The Balaban J connectivity index is 1.91. The van der Waals surface area contributed by atoms with Crippen molar-refractivity contribution in [2.75, 3.05) is 11.9 Å². The molecule has 25 heavy (non-hydrogen) atoms. The third-order valence-corrected chi connectivity index (χ3v) is 4.85. The Morgan fingerprint density at radius 1 is 1.00 bits per heavy atom. The van der Waals surface area contributed by atoms with E-state index in [2.05, 4.69) is 20.9 Å². The molecule has 0 saturated carbocycles. The standard InChI is InChI=1S/C16H18N4O3S2/c1-2-17-25(22,23)14-10-8-12(9-11-14)15(21)19-20-16(24)18-13-6-4-3-5-7-13/h3-11,17H,2H2,1H3,(H,19,21)(H2,18,20,24). The highest BCUT2D eigenvalue weighted by molar-refractivity contribution is 7.89. The molecule has 0 fully saturated rings. The van der Waals surface area contributed by atoms with E-state index in [1.165, 1.54) is 24.3 Å². The molecule has 0 aliphatic rings. The second-order valence-electron chi connectivity index (χ2n) is 4.92. The molecule has 4 N–H and O–H groups in total. The molecule has 2 rings (SSSR count). The van der Waals surface area contributed by atoms with Crippen molar-refractivity contribution in [2.45, 2.75) is 11.8 Å². The highest BCUT2D eigenvalue weighted by Crippen LogP contribution is 2.10. The largest absolute Gasteiger partial charge is 0.331 e. The summed E-state index contributed by atoms with van der Waals surface area (Å²) in [5.41, 5.74) is 6.11. The summed E-state index contributed by atoms with van der Waals surface area (Å²) in [6.45, 7) is 1.98. The van der Waals surface area contributed by atoms with Crippen LogP contribution in [-0.2, 0) is 10.0 Å². The van der Waals surface area contributed by atoms with Crippen molar-refractivity contribution >= 4 is 38.9 Å². The van der Waals surface area contributed by atoms with Gasteiger partial charge in [0.05, 0.1) is 4.90 Å². The number of amides is 1. The highest BCUT2D eigenvalue weighted by atomic mass is 32.2. The first-order valence-electron chi connectivity index (χ1n) is 7.44. The van der Waals surface area contributed by atoms with Gasteiger partial charge in [-0.25, -0.2) is 13.1 Å². The van der Waals surface area contributed by atoms with Gasteiger partial charge in [0.25, 0.3) is 5.91 Å². The Kier molecular flexibility index (Phi) is 6.45. The fraction of sp³-hybridized carbons (Fsp3) is 0.125. The molecule has 9 heteroatoms. The van der Waals surface area contributed by atoms with E-state index < -0.39 is 15.9 Å². The van der Waals surface area contributed by atoms with Crippen LogP contribution in [0.5, 0.6) is 0 Å². The summed E-state index contributed by atoms with van der Waals surface area (Å²) in [5.74, 6) is -0.440. The van der Waals surface area contributed by atoms with Gasteiger partial charge in [-0.1, -0.05) is 25.1 Å². The van der Waals surface area contributed by atoms with Crippen molar-refractivity contribution in [3.8, 4) is 0 Å². The van der Waals surface area contributed by atoms with Crippen LogP contribution in [0, 0.1) is 0 Å². The van der Waals surface area contributed by atoms with Crippen LogP contribution in [0.15, 0.2) is 59.5 Å². The van der Waals surface area contributed by atoms with Crippen molar-refractivity contribution in [3.05, 3.63) is 60.2 Å². The van der Waals surface area contributed by atoms with Crippen molar-refractivity contribution in [2.24, 2.45) is 0 Å². The van der Waals surface area contributed by atoms with Gasteiger partial charge >= 0.3 is 0 Å². The van der Waals surface area contributed by atoms with Gasteiger partial charge in [-0.3, -0.25) is 15.6 Å². The minimum atomic E-state index is -3.54. The summed E-state index contributed by atoms with van der Waals surface area (Å²) < 4.78 is 26.1. The zero-order valence-electron chi connectivity index (χ0n) is 13.4. The Bertz CT molecular complexity index is 837. The Morgan fingerprint density at radius 2 is 1.64 bits per heavy atom. The maximum atomic E-state index is 12.1. The smallest absolute Gasteiger partial charge is 0.269 e. The lowest BCUT2D eigenvalue weighted by molar-refractivity contribution is 0.0944. The van der Waals surface area contributed by atoms with Gasteiger partial charge in [-0.05, 0) is 48.6 Å². The van der Waals surface area contributed by atoms with Gasteiger partial charge in [0.1, 0.15) is 0 Å². The van der Waals surface area contributed by atoms with Crippen LogP contribution in [-0.4, -0.2) is 26.0 Å². The second kappa shape index (κ2) is 8.56. The molecule has 2 aromatic rings. The van der Waals surface area contributed by atoms with E-state index in [9.17, 15) is 13.2 Å². The van der Waals surface area contributed by atoms with Crippen molar-refractivity contribution < 1.29 is 13.2 Å². The molecule has 1 amide bonds. The summed E-state index contributed by atoms with van der Waals surface area (Å²) in [6, 6.07) is 14.8. The van der Waals surface area contributed by atoms with Crippen molar-refractivity contribution in [1.29, 1.82) is 0 Å². The first kappa shape index (κ1) is 18.8. The second-order valence-corrected chi connectivity index (χ2v) is 7.10. The highest BCUT2D eigenvalue weighted by Gasteiger charge is 2.13. The van der Waals surface area contributed by atoms with E-state index in [1.54, 1.807) is 6.92 Å². The Hall–Kier alpha value is -2.49. The number of hydrogen-bond donors (Lipinski definition) is 4. The molecule has 2 aromatic carbocycles. The predicted molar refractivity (Wildman–Crippen MR) is 101 cm³/mol. The van der Waals surface area contributed by atoms with E-state index in [0.717, 1.165) is 5.69 Å². The molecular weight excluding hydrogens is 360 g/mol. The zero-order chi connectivity index (χ0) is 18.3. The van der Waals surface area contributed by atoms with Gasteiger partial charge in [0.15, 0.2) is 5.11 Å². The minimum absolute atomic E-state index is 0.0973. The van der Waals surface area contributed by atoms with Gasteiger partial charge in [-0.15, -0.1) is 0 Å². The van der Waals surface area contributed by atoms with Crippen LogP contribution in [0.25, 0.3) is 0 Å². The Labute approximate surface area is 151 Å². The number of para-hydroxylation sites is 1. The number of thiocarbonyl (C=S) groups is 1. The van der Waals surface area contributed by atoms with Crippen molar-refractivity contribution in [3.63, 3.8) is 0 Å². The summed E-state index contributed by atoms with van der Waals surface area (Å²) in [6.07, 6.45) is 0. The Morgan fingerprint density at radius 3 is 2.24 bits per heavy atom. The molecular formula is C16H18N4O3S2. The van der Waals surface area contributed by atoms with E-state index in [0.29, 0.717) is 12.1 Å². The first-order valence-corrected chi connectivity index (χ1v) is 9.33. The number of nitrogens with one attached hydrogen (secondary N) is 4. The minimum Gasteiger partial charge on any atom is -0.331 e. The number of benzene rings is 2. The SMILES string of the molecule is CCNS(=O)(=O)c1ccc(C(=O)NNC(=S)Nc2ccccc2)cc1. The monoisotopic (exact) mass is 378 g/mol. The van der Waals surface area contributed by atoms with E-state index >= 15 is 0 Å². The normalized spacial score (nSPS) is 10.8. The lowest BCUT2D eigenvalue weighted by Crippen LogP contribution is -2.43. The van der Waals surface area contributed by atoms with Crippen LogP contribution >= 0.6 is 12.2 Å². The van der Waals surface area contributed by atoms with Gasteiger partial charge < -0.3 is 5.32 Å². The number of hydrogen-bond acceptors (Lipinski definition) is 4. The molecule has 7 nitrogen and oxygen atoms in total. The average molecular weight is 378 g/mol. The number of sulfonamides is 1. The zero-order valence-corrected chi connectivity index (χ0v) is 15.1. The molecule has 0 saturated heterocycles. The quantitative estimate of drug-likeness (QED) is 0.466. The molecule has 0 spiro atoms. The lowest BCUT2D eigenvalue weighted by atomic mass is 10.2. The molecule has 0 bridgehead atoms. The maximum absolute atomic E-state index is 12.1. The molecule has 0 radical (unpaired) electrons. The molecule has 0 atom stereocenters. The molecule has 0 aromatic heterocycles. The summed E-state index contributed by atoms with van der Waals surface area (Å²) >= 11 is 5.08. The number of hydrazine groups is 1. The average Bonchev–Trinajstić information content (AvgIpc) is 2.60. The summed E-state index contributed by atoms with van der Waals surface area (Å²) in [4.78, 5) is 12.2. The maximum Gasteiger partial charge on any atom is 0.269 e. The van der Waals surface area contributed by atoms with Crippen LogP contribution in [0.2, 0.25) is 0 Å². The van der Waals surface area contributed by atoms with Gasteiger partial charge in [0, 0.05) is 17.8 Å². The molecule has 0 aliphatic carbocycles. The number of carbonyl (C=O) groups excluding carboxylic acids is 1. The first-order chi connectivity index (χ1) is 11.9. The third kappa shape index (κ3) is 5.52. The predicted octanol–water partition coefficient (Wildman–Crippen LogP) is 1.62. The van der Waals surface area contributed by atoms with Crippen molar-refractivity contribution in [1.82, 2.24) is 15.6 Å². The molecule has 0 unspecified atom stereocenters. The van der Waals surface area contributed by atoms with E-state index in [1.807, 2.05) is 30.3 Å². The summed E-state index contributed by atoms with van der Waals surface area (Å²) in [7, 11) is -3.54. The molecule has 0 aliphatic heterocycles. The fourth-order valence-corrected chi connectivity index (χ4v) is 3.14. The van der Waals surface area contributed by atoms with E-state index in [4.69, 9.17) is 12.2 Å². The summed E-state index contributed by atoms with van der Waals surface area (Å²) in [5, 5.41) is 3.14. The fourth-order valence-electron chi connectivity index (χ4n) is 1.93. The number of anilines is 1.